The Morgan fingerprint density at radius 1 is 1.30 bits per heavy atom. The Kier molecular flexibility index (Phi) is 4.76. The third-order valence-corrected chi connectivity index (χ3v) is 4.33. The molecule has 0 spiro atoms. The number of benzene rings is 1. The number of rotatable bonds is 6. The lowest BCUT2D eigenvalue weighted by Gasteiger charge is -2.07. The Bertz CT molecular complexity index is 828. The number of nitrogens with zero attached hydrogens (tertiary/aromatic N) is 2. The summed E-state index contributed by atoms with van der Waals surface area (Å²) in [7, 11) is 1.59. The quantitative estimate of drug-likeness (QED) is 0.486. The van der Waals surface area contributed by atoms with Gasteiger partial charge in [-0.05, 0) is 24.5 Å². The highest BCUT2D eigenvalue weighted by atomic mass is 79.9. The number of hydrogen-bond donors (Lipinski definition) is 0. The van der Waals surface area contributed by atoms with Crippen molar-refractivity contribution in [3.05, 3.63) is 65.6 Å². The molecular weight excluding hydrogens is 356 g/mol. The summed E-state index contributed by atoms with van der Waals surface area (Å²) in [6, 6.07) is 11.4. The summed E-state index contributed by atoms with van der Waals surface area (Å²) in [5.41, 5.74) is 3.21. The molecule has 0 saturated heterocycles. The number of alkyl halides is 1. The number of ketones is 1. The zero-order chi connectivity index (χ0) is 16.2. The number of hydrogen-bond acceptors (Lipinski definition) is 3. The highest BCUT2D eigenvalue weighted by Crippen LogP contribution is 2.26. The molecule has 3 aromatic rings. The fourth-order valence-corrected chi connectivity index (χ4v) is 3.00. The van der Waals surface area contributed by atoms with Crippen LogP contribution in [-0.4, -0.2) is 27.6 Å². The molecule has 0 atom stereocenters. The van der Waals surface area contributed by atoms with Gasteiger partial charge in [-0.25, -0.2) is 4.98 Å². The van der Waals surface area contributed by atoms with Gasteiger partial charge in [0, 0.05) is 23.3 Å². The van der Waals surface area contributed by atoms with E-state index in [9.17, 15) is 4.79 Å². The van der Waals surface area contributed by atoms with E-state index >= 15 is 0 Å². The molecule has 0 aliphatic heterocycles. The van der Waals surface area contributed by atoms with Crippen molar-refractivity contribution in [3.8, 4) is 5.88 Å². The molecule has 118 valence electrons. The maximum Gasteiger partial charge on any atom is 0.238 e. The van der Waals surface area contributed by atoms with Crippen LogP contribution in [0.25, 0.3) is 5.52 Å². The standard InChI is InChI=1S/C18H17BrN2O2/c1-23-18-15-12-14(8-5-9-19)16(21(15)11-10-20-18)17(22)13-6-3-2-4-7-13/h2-4,6-7,10-12H,5,8-9H2,1H3. The maximum atomic E-state index is 13.0. The highest BCUT2D eigenvalue weighted by molar-refractivity contribution is 9.09. The third kappa shape index (κ3) is 3.01. The molecular formula is C18H17BrN2O2. The summed E-state index contributed by atoms with van der Waals surface area (Å²) < 4.78 is 7.21. The Labute approximate surface area is 143 Å². The molecule has 0 unspecified atom stereocenters. The van der Waals surface area contributed by atoms with Gasteiger partial charge in [-0.2, -0.15) is 0 Å². The van der Waals surface area contributed by atoms with E-state index < -0.39 is 0 Å². The van der Waals surface area contributed by atoms with Gasteiger partial charge in [-0.1, -0.05) is 46.3 Å². The van der Waals surface area contributed by atoms with Crippen molar-refractivity contribution < 1.29 is 9.53 Å². The first-order chi connectivity index (χ1) is 11.3. The molecule has 0 radical (unpaired) electrons. The van der Waals surface area contributed by atoms with Crippen molar-refractivity contribution in [2.24, 2.45) is 0 Å². The summed E-state index contributed by atoms with van der Waals surface area (Å²) in [5.74, 6) is 0.545. The van der Waals surface area contributed by atoms with Crippen molar-refractivity contribution in [3.63, 3.8) is 0 Å². The summed E-state index contributed by atoms with van der Waals surface area (Å²) in [4.78, 5) is 17.2. The number of carbonyl (C=O) groups is 1. The predicted octanol–water partition coefficient (Wildman–Crippen LogP) is 3.90. The van der Waals surface area contributed by atoms with Crippen LogP contribution in [0.3, 0.4) is 0 Å². The van der Waals surface area contributed by atoms with Crippen LogP contribution < -0.4 is 4.74 Å². The minimum Gasteiger partial charge on any atom is -0.480 e. The van der Waals surface area contributed by atoms with Crippen LogP contribution in [0.2, 0.25) is 0 Å². The fourth-order valence-electron chi connectivity index (χ4n) is 2.72. The van der Waals surface area contributed by atoms with E-state index in [1.165, 1.54) is 0 Å². The molecule has 3 rings (SSSR count). The van der Waals surface area contributed by atoms with Crippen LogP contribution >= 0.6 is 15.9 Å². The second-order valence-electron chi connectivity index (χ2n) is 5.20. The van der Waals surface area contributed by atoms with E-state index in [0.717, 1.165) is 29.3 Å². The number of carbonyl (C=O) groups excluding carboxylic acids is 1. The van der Waals surface area contributed by atoms with Crippen LogP contribution in [0, 0.1) is 0 Å². The van der Waals surface area contributed by atoms with E-state index in [2.05, 4.69) is 20.9 Å². The van der Waals surface area contributed by atoms with Crippen LogP contribution in [0.5, 0.6) is 5.88 Å². The molecule has 4 nitrogen and oxygen atoms in total. The SMILES string of the molecule is COc1nccn2c(C(=O)c3ccccc3)c(CCCBr)cc12. The predicted molar refractivity (Wildman–Crippen MR) is 93.7 cm³/mol. The van der Waals surface area contributed by atoms with Gasteiger partial charge in [0.25, 0.3) is 0 Å². The molecule has 0 saturated carbocycles. The zero-order valence-electron chi connectivity index (χ0n) is 12.8. The van der Waals surface area contributed by atoms with Gasteiger partial charge >= 0.3 is 0 Å². The van der Waals surface area contributed by atoms with Crippen molar-refractivity contribution in [2.45, 2.75) is 12.8 Å². The van der Waals surface area contributed by atoms with Gasteiger partial charge in [0.2, 0.25) is 11.7 Å². The van der Waals surface area contributed by atoms with Crippen LogP contribution in [0.4, 0.5) is 0 Å². The lowest BCUT2D eigenvalue weighted by atomic mass is 10.0. The molecule has 23 heavy (non-hydrogen) atoms. The maximum absolute atomic E-state index is 13.0. The Hall–Kier alpha value is -2.14. The summed E-state index contributed by atoms with van der Waals surface area (Å²) in [6.07, 6.45) is 5.25. The monoisotopic (exact) mass is 372 g/mol. The molecule has 1 aromatic carbocycles. The fraction of sp³-hybridized carbons (Fsp3) is 0.222. The van der Waals surface area contributed by atoms with Gasteiger partial charge in [0.1, 0.15) is 5.52 Å². The van der Waals surface area contributed by atoms with Crippen molar-refractivity contribution in [1.82, 2.24) is 9.38 Å². The topological polar surface area (TPSA) is 43.6 Å². The molecule has 2 heterocycles. The summed E-state index contributed by atoms with van der Waals surface area (Å²) in [5, 5.41) is 0.896. The molecule has 0 aliphatic carbocycles. The Morgan fingerprint density at radius 3 is 2.78 bits per heavy atom. The Morgan fingerprint density at radius 2 is 2.09 bits per heavy atom. The highest BCUT2D eigenvalue weighted by Gasteiger charge is 2.20. The van der Waals surface area contributed by atoms with Gasteiger partial charge < -0.3 is 9.14 Å². The van der Waals surface area contributed by atoms with E-state index in [1.54, 1.807) is 13.3 Å². The molecule has 0 bridgehead atoms. The van der Waals surface area contributed by atoms with Crippen molar-refractivity contribution in [2.75, 3.05) is 12.4 Å². The van der Waals surface area contributed by atoms with Gasteiger partial charge in [0.05, 0.1) is 12.8 Å². The number of halogens is 1. The van der Waals surface area contributed by atoms with Crippen molar-refractivity contribution in [1.29, 1.82) is 0 Å². The van der Waals surface area contributed by atoms with E-state index in [0.29, 0.717) is 17.1 Å². The molecule has 0 fully saturated rings. The minimum atomic E-state index is 0.0171. The van der Waals surface area contributed by atoms with Gasteiger partial charge in [-0.3, -0.25) is 4.79 Å². The zero-order valence-corrected chi connectivity index (χ0v) is 14.4. The van der Waals surface area contributed by atoms with Crippen LogP contribution in [0.15, 0.2) is 48.8 Å². The molecule has 5 heteroatoms. The summed E-state index contributed by atoms with van der Waals surface area (Å²) in [6.45, 7) is 0. The first-order valence-corrected chi connectivity index (χ1v) is 8.57. The minimum absolute atomic E-state index is 0.0171. The number of aromatic nitrogens is 2. The average Bonchev–Trinajstić information content (AvgIpc) is 2.98. The van der Waals surface area contributed by atoms with E-state index in [1.807, 2.05) is 47.0 Å². The summed E-state index contributed by atoms with van der Waals surface area (Å²) >= 11 is 3.46. The lowest BCUT2D eigenvalue weighted by Crippen LogP contribution is -2.08. The first kappa shape index (κ1) is 15.7. The van der Waals surface area contributed by atoms with E-state index in [-0.39, 0.29) is 5.78 Å². The number of aryl methyl sites for hydroxylation is 1. The first-order valence-electron chi connectivity index (χ1n) is 7.45. The molecule has 2 aromatic heterocycles. The second kappa shape index (κ2) is 6.96. The third-order valence-electron chi connectivity index (χ3n) is 3.77. The number of methoxy groups -OCH3 is 1. The smallest absolute Gasteiger partial charge is 0.238 e. The normalized spacial score (nSPS) is 10.9. The molecule has 0 aliphatic rings. The van der Waals surface area contributed by atoms with Crippen molar-refractivity contribution >= 4 is 27.2 Å². The lowest BCUT2D eigenvalue weighted by molar-refractivity contribution is 0.103. The van der Waals surface area contributed by atoms with Crippen LogP contribution in [-0.2, 0) is 6.42 Å². The van der Waals surface area contributed by atoms with Gasteiger partial charge in [0.15, 0.2) is 0 Å². The van der Waals surface area contributed by atoms with Gasteiger partial charge in [-0.15, -0.1) is 0 Å². The largest absolute Gasteiger partial charge is 0.480 e. The molecule has 0 amide bonds. The van der Waals surface area contributed by atoms with Crippen LogP contribution in [0.1, 0.15) is 28.0 Å². The average molecular weight is 373 g/mol. The number of fused-ring (bicyclic) bond motifs is 1. The number of ether oxygens (including phenoxy) is 1. The Balaban J connectivity index is 2.18. The second-order valence-corrected chi connectivity index (χ2v) is 5.99. The van der Waals surface area contributed by atoms with E-state index in [4.69, 9.17) is 4.74 Å². The molecule has 0 N–H and O–H groups in total.